The van der Waals surface area contributed by atoms with Crippen LogP contribution in [0.25, 0.3) is 0 Å². The first-order valence-corrected chi connectivity index (χ1v) is 10.5. The van der Waals surface area contributed by atoms with E-state index in [2.05, 4.69) is 72.4 Å². The van der Waals surface area contributed by atoms with Crippen molar-refractivity contribution < 1.29 is 0 Å². The summed E-state index contributed by atoms with van der Waals surface area (Å²) >= 11 is 0. The van der Waals surface area contributed by atoms with Crippen molar-refractivity contribution in [2.45, 2.75) is 26.3 Å². The molecule has 3 aromatic rings. The van der Waals surface area contributed by atoms with Gasteiger partial charge >= 0.3 is 0 Å². The molecule has 4 heterocycles. The van der Waals surface area contributed by atoms with Crippen molar-refractivity contribution in [3.8, 4) is 0 Å². The van der Waals surface area contributed by atoms with E-state index in [0.29, 0.717) is 11.3 Å². The van der Waals surface area contributed by atoms with E-state index in [-0.39, 0.29) is 0 Å². The van der Waals surface area contributed by atoms with Gasteiger partial charge in [-0.2, -0.15) is 5.10 Å². The average Bonchev–Trinajstić information content (AvgIpc) is 3.43. The zero-order valence-electron chi connectivity index (χ0n) is 17.0. The molecular weight excluding hydrogens is 360 g/mol. The molecule has 0 amide bonds. The van der Waals surface area contributed by atoms with Crippen LogP contribution in [0.5, 0.6) is 0 Å². The highest BCUT2D eigenvalue weighted by atomic mass is 15.3. The second kappa shape index (κ2) is 7.59. The Morgan fingerprint density at radius 2 is 1.97 bits per heavy atom. The van der Waals surface area contributed by atoms with Crippen LogP contribution >= 0.6 is 0 Å². The first kappa shape index (κ1) is 18.3. The molecule has 2 aliphatic heterocycles. The van der Waals surface area contributed by atoms with Crippen LogP contribution in [0.1, 0.15) is 23.4 Å². The van der Waals surface area contributed by atoms with Crippen LogP contribution in [0.3, 0.4) is 0 Å². The number of nitrogens with zero attached hydrogens (tertiary/aromatic N) is 5. The monoisotopic (exact) mass is 388 g/mol. The minimum atomic E-state index is 0.294. The number of hydrogen-bond acceptors (Lipinski definition) is 5. The molecule has 0 saturated carbocycles. The normalized spacial score (nSPS) is 24.2. The van der Waals surface area contributed by atoms with Crippen LogP contribution in [0, 0.1) is 18.3 Å². The highest BCUT2D eigenvalue weighted by Crippen LogP contribution is 2.47. The van der Waals surface area contributed by atoms with E-state index in [1.165, 1.54) is 17.7 Å². The van der Waals surface area contributed by atoms with Gasteiger partial charge in [-0.15, -0.1) is 5.10 Å². The van der Waals surface area contributed by atoms with E-state index in [9.17, 15) is 0 Å². The second-order valence-corrected chi connectivity index (χ2v) is 8.70. The first-order valence-electron chi connectivity index (χ1n) is 10.5. The Bertz CT molecular complexity index is 924. The van der Waals surface area contributed by atoms with Crippen molar-refractivity contribution in [3.63, 3.8) is 0 Å². The van der Waals surface area contributed by atoms with Crippen LogP contribution < -0.4 is 4.90 Å². The summed E-state index contributed by atoms with van der Waals surface area (Å²) < 4.78 is 0. The third kappa shape index (κ3) is 3.77. The highest BCUT2D eigenvalue weighted by Gasteiger charge is 2.52. The second-order valence-electron chi connectivity index (χ2n) is 8.70. The number of benzene rings is 1. The molecular formula is C23H28N6. The number of aromatic amines is 1. The lowest BCUT2D eigenvalue weighted by Gasteiger charge is -2.30. The Morgan fingerprint density at radius 3 is 2.72 bits per heavy atom. The molecule has 2 unspecified atom stereocenters. The van der Waals surface area contributed by atoms with Crippen molar-refractivity contribution in [1.29, 1.82) is 0 Å². The summed E-state index contributed by atoms with van der Waals surface area (Å²) in [6.07, 6.45) is 6.05. The average molecular weight is 389 g/mol. The molecule has 0 bridgehead atoms. The van der Waals surface area contributed by atoms with E-state index in [1.807, 2.05) is 13.1 Å². The van der Waals surface area contributed by atoms with Gasteiger partial charge in [0.15, 0.2) is 5.82 Å². The highest BCUT2D eigenvalue weighted by molar-refractivity contribution is 5.41. The fourth-order valence-corrected chi connectivity index (χ4v) is 5.15. The van der Waals surface area contributed by atoms with Gasteiger partial charge in [-0.3, -0.25) is 4.90 Å². The lowest BCUT2D eigenvalue weighted by molar-refractivity contribution is 0.239. The maximum atomic E-state index is 4.47. The van der Waals surface area contributed by atoms with Crippen LogP contribution in [-0.4, -0.2) is 51.2 Å². The molecule has 6 heteroatoms. The lowest BCUT2D eigenvalue weighted by Crippen LogP contribution is -2.35. The number of rotatable bonds is 6. The maximum absolute atomic E-state index is 4.47. The van der Waals surface area contributed by atoms with Gasteiger partial charge in [0, 0.05) is 50.0 Å². The number of hydrogen-bond donors (Lipinski definition) is 1. The van der Waals surface area contributed by atoms with Crippen molar-refractivity contribution in [1.82, 2.24) is 25.1 Å². The molecule has 2 atom stereocenters. The summed E-state index contributed by atoms with van der Waals surface area (Å²) in [7, 11) is 0. The summed E-state index contributed by atoms with van der Waals surface area (Å²) in [4.78, 5) is 12.5. The zero-order valence-corrected chi connectivity index (χ0v) is 17.0. The van der Waals surface area contributed by atoms with Gasteiger partial charge in [0.1, 0.15) is 0 Å². The van der Waals surface area contributed by atoms with E-state index in [4.69, 9.17) is 0 Å². The topological polar surface area (TPSA) is 60.9 Å². The van der Waals surface area contributed by atoms with Gasteiger partial charge in [-0.1, -0.05) is 30.3 Å². The Balaban J connectivity index is 1.35. The predicted octanol–water partition coefficient (Wildman–Crippen LogP) is 3.08. The minimum absolute atomic E-state index is 0.294. The molecule has 1 N–H and O–H groups in total. The standard InChI is InChI=1S/C23H28N6/c1-18-7-8-22(27-26-18)29-13-20-12-28(14-21-11-24-17-25-21)15-23(20,16-29)10-9-19-5-3-2-4-6-19/h2-8,11,17,20H,9-10,12-16H2,1H3,(H,24,25). The summed E-state index contributed by atoms with van der Waals surface area (Å²) in [5.41, 5.74) is 3.89. The fraction of sp³-hybridized carbons (Fsp3) is 0.435. The fourth-order valence-electron chi connectivity index (χ4n) is 5.15. The molecule has 5 rings (SSSR count). The number of anilines is 1. The zero-order chi connectivity index (χ0) is 19.7. The van der Waals surface area contributed by atoms with Gasteiger partial charge in [0.2, 0.25) is 0 Å². The Kier molecular flexibility index (Phi) is 4.79. The molecule has 29 heavy (non-hydrogen) atoms. The summed E-state index contributed by atoms with van der Waals surface area (Å²) in [5.74, 6) is 1.67. The maximum Gasteiger partial charge on any atom is 0.151 e. The largest absolute Gasteiger partial charge is 0.354 e. The number of nitrogens with one attached hydrogen (secondary N) is 1. The molecule has 0 aliphatic carbocycles. The van der Waals surface area contributed by atoms with Crippen molar-refractivity contribution >= 4 is 5.82 Å². The number of fused-ring (bicyclic) bond motifs is 1. The van der Waals surface area contributed by atoms with E-state index in [0.717, 1.165) is 50.7 Å². The Hall–Kier alpha value is -2.73. The molecule has 1 aromatic carbocycles. The molecule has 6 nitrogen and oxygen atoms in total. The first-order chi connectivity index (χ1) is 14.2. The molecule has 0 radical (unpaired) electrons. The van der Waals surface area contributed by atoms with E-state index < -0.39 is 0 Å². The smallest absolute Gasteiger partial charge is 0.151 e. The lowest BCUT2D eigenvalue weighted by atomic mass is 9.76. The van der Waals surface area contributed by atoms with E-state index in [1.54, 1.807) is 6.33 Å². The molecule has 2 saturated heterocycles. The van der Waals surface area contributed by atoms with Gasteiger partial charge in [-0.05, 0) is 43.4 Å². The molecule has 0 spiro atoms. The molecule has 2 aliphatic rings. The third-order valence-corrected chi connectivity index (χ3v) is 6.64. The predicted molar refractivity (Wildman–Crippen MR) is 114 cm³/mol. The number of aromatic nitrogens is 4. The molecule has 150 valence electrons. The van der Waals surface area contributed by atoms with Crippen LogP contribution in [0.15, 0.2) is 55.0 Å². The van der Waals surface area contributed by atoms with Crippen molar-refractivity contribution in [2.75, 3.05) is 31.1 Å². The summed E-state index contributed by atoms with van der Waals surface area (Å²) in [5, 5.41) is 8.75. The summed E-state index contributed by atoms with van der Waals surface area (Å²) in [6, 6.07) is 15.1. The van der Waals surface area contributed by atoms with Crippen molar-refractivity contribution in [2.24, 2.45) is 11.3 Å². The van der Waals surface area contributed by atoms with Crippen LogP contribution in [0.4, 0.5) is 5.82 Å². The van der Waals surface area contributed by atoms with Gasteiger partial charge in [0.25, 0.3) is 0 Å². The Morgan fingerprint density at radius 1 is 1.07 bits per heavy atom. The number of H-pyrrole nitrogens is 1. The van der Waals surface area contributed by atoms with Crippen molar-refractivity contribution in [3.05, 3.63) is 71.9 Å². The van der Waals surface area contributed by atoms with Gasteiger partial charge in [-0.25, -0.2) is 4.98 Å². The summed E-state index contributed by atoms with van der Waals surface area (Å²) in [6.45, 7) is 7.31. The number of aryl methyl sites for hydroxylation is 2. The molecule has 2 fully saturated rings. The van der Waals surface area contributed by atoms with Gasteiger partial charge < -0.3 is 9.88 Å². The van der Waals surface area contributed by atoms with Crippen LogP contribution in [0.2, 0.25) is 0 Å². The number of likely N-dealkylation sites (tertiary alicyclic amines) is 1. The quantitative estimate of drug-likeness (QED) is 0.703. The van der Waals surface area contributed by atoms with Gasteiger partial charge in [0.05, 0.1) is 12.0 Å². The third-order valence-electron chi connectivity index (χ3n) is 6.64. The SMILES string of the molecule is Cc1ccc(N2CC3CN(Cc4cnc[nH]4)CC3(CCc3ccccc3)C2)nn1. The molecule has 2 aromatic heterocycles. The Labute approximate surface area is 172 Å². The number of imidazole rings is 1. The van der Waals surface area contributed by atoms with E-state index >= 15 is 0 Å². The minimum Gasteiger partial charge on any atom is -0.354 e. The van der Waals surface area contributed by atoms with Crippen LogP contribution in [-0.2, 0) is 13.0 Å².